The minimum Gasteiger partial charge on any atom is -0.348 e. The van der Waals surface area contributed by atoms with Crippen LogP contribution in [0.1, 0.15) is 36.9 Å². The van der Waals surface area contributed by atoms with Gasteiger partial charge in [-0.05, 0) is 59.9 Å². The zero-order chi connectivity index (χ0) is 18.6. The van der Waals surface area contributed by atoms with Crippen molar-refractivity contribution in [1.82, 2.24) is 25.5 Å². The zero-order valence-electron chi connectivity index (χ0n) is 15.1. The number of amides is 1. The minimum absolute atomic E-state index is 0.00400. The lowest BCUT2D eigenvalue weighted by Crippen LogP contribution is -2.36. The van der Waals surface area contributed by atoms with Gasteiger partial charge in [0.25, 0.3) is 0 Å². The van der Waals surface area contributed by atoms with Crippen molar-refractivity contribution in [3.05, 3.63) is 65.7 Å². The highest BCUT2D eigenvalue weighted by atomic mass is 32.2. The molecule has 1 aromatic heterocycles. The number of para-hydroxylation sites is 1. The second kappa shape index (κ2) is 7.92. The molecule has 2 aromatic carbocycles. The molecule has 0 fully saturated rings. The fraction of sp³-hybridized carbons (Fsp3) is 0.300. The Balaban J connectivity index is 1.45. The molecule has 0 spiro atoms. The van der Waals surface area contributed by atoms with E-state index in [1.165, 1.54) is 22.9 Å². The van der Waals surface area contributed by atoms with Crippen molar-refractivity contribution in [2.75, 3.05) is 0 Å². The van der Waals surface area contributed by atoms with Gasteiger partial charge in [-0.2, -0.15) is 4.68 Å². The molecule has 2 atom stereocenters. The van der Waals surface area contributed by atoms with Crippen LogP contribution in [0.25, 0.3) is 5.69 Å². The van der Waals surface area contributed by atoms with E-state index in [0.717, 1.165) is 24.9 Å². The summed E-state index contributed by atoms with van der Waals surface area (Å²) in [5.74, 6) is 0.00400. The third-order valence-corrected chi connectivity index (χ3v) is 5.81. The van der Waals surface area contributed by atoms with Crippen LogP contribution >= 0.6 is 11.8 Å². The van der Waals surface area contributed by atoms with Crippen molar-refractivity contribution in [3.63, 3.8) is 0 Å². The van der Waals surface area contributed by atoms with Crippen molar-refractivity contribution in [3.8, 4) is 5.69 Å². The number of fused-ring (bicyclic) bond motifs is 1. The molecule has 138 valence electrons. The van der Waals surface area contributed by atoms with Crippen LogP contribution in [-0.2, 0) is 11.2 Å². The second-order valence-corrected chi connectivity index (χ2v) is 7.93. The van der Waals surface area contributed by atoms with Gasteiger partial charge < -0.3 is 5.32 Å². The van der Waals surface area contributed by atoms with Crippen molar-refractivity contribution < 1.29 is 4.79 Å². The van der Waals surface area contributed by atoms with Crippen LogP contribution in [0, 0.1) is 0 Å². The smallest absolute Gasteiger partial charge is 0.233 e. The molecular formula is C20H21N5OS. The van der Waals surface area contributed by atoms with E-state index in [-0.39, 0.29) is 17.2 Å². The summed E-state index contributed by atoms with van der Waals surface area (Å²) in [6, 6.07) is 18.1. The Labute approximate surface area is 162 Å². The summed E-state index contributed by atoms with van der Waals surface area (Å²) < 4.78 is 1.66. The third-order valence-electron chi connectivity index (χ3n) is 4.78. The first-order valence-electron chi connectivity index (χ1n) is 9.11. The SMILES string of the molecule is C[C@H](Sc1nnnn1-c1ccccc1)C(=O)N[C@H]1CCCc2ccccc21. The largest absolute Gasteiger partial charge is 0.348 e. The monoisotopic (exact) mass is 379 g/mol. The summed E-state index contributed by atoms with van der Waals surface area (Å²) in [6.45, 7) is 1.89. The lowest BCUT2D eigenvalue weighted by atomic mass is 9.88. The first-order valence-corrected chi connectivity index (χ1v) is 9.99. The first-order chi connectivity index (χ1) is 13.2. The number of benzene rings is 2. The summed E-state index contributed by atoms with van der Waals surface area (Å²) in [5.41, 5.74) is 3.45. The molecule has 27 heavy (non-hydrogen) atoms. The maximum absolute atomic E-state index is 12.8. The molecule has 1 amide bonds. The summed E-state index contributed by atoms with van der Waals surface area (Å²) in [6.07, 6.45) is 3.15. The summed E-state index contributed by atoms with van der Waals surface area (Å²) in [4.78, 5) is 12.8. The van der Waals surface area contributed by atoms with Gasteiger partial charge >= 0.3 is 0 Å². The molecule has 0 saturated carbocycles. The number of nitrogens with zero attached hydrogens (tertiary/aromatic N) is 4. The van der Waals surface area contributed by atoms with E-state index >= 15 is 0 Å². The van der Waals surface area contributed by atoms with E-state index in [4.69, 9.17) is 0 Å². The number of hydrogen-bond acceptors (Lipinski definition) is 5. The average molecular weight is 379 g/mol. The van der Waals surface area contributed by atoms with Gasteiger partial charge in [-0.25, -0.2) is 0 Å². The van der Waals surface area contributed by atoms with Gasteiger partial charge in [0.05, 0.1) is 17.0 Å². The topological polar surface area (TPSA) is 72.7 Å². The summed E-state index contributed by atoms with van der Waals surface area (Å²) in [7, 11) is 0. The molecule has 0 unspecified atom stereocenters. The van der Waals surface area contributed by atoms with Crippen LogP contribution in [0.4, 0.5) is 0 Å². The van der Waals surface area contributed by atoms with Gasteiger partial charge in [-0.15, -0.1) is 5.10 Å². The van der Waals surface area contributed by atoms with Crippen molar-refractivity contribution in [1.29, 1.82) is 0 Å². The van der Waals surface area contributed by atoms with Crippen molar-refractivity contribution in [2.24, 2.45) is 0 Å². The first kappa shape index (κ1) is 17.7. The molecule has 0 radical (unpaired) electrons. The molecule has 1 aliphatic rings. The molecule has 1 aliphatic carbocycles. The highest BCUT2D eigenvalue weighted by molar-refractivity contribution is 8.00. The normalized spacial score (nSPS) is 17.1. The van der Waals surface area contributed by atoms with Crippen molar-refractivity contribution in [2.45, 2.75) is 42.6 Å². The van der Waals surface area contributed by atoms with Gasteiger partial charge in [-0.1, -0.05) is 54.2 Å². The number of nitrogens with one attached hydrogen (secondary N) is 1. The Morgan fingerprint density at radius 2 is 1.96 bits per heavy atom. The van der Waals surface area contributed by atoms with Crippen LogP contribution in [0.5, 0.6) is 0 Å². The Morgan fingerprint density at radius 1 is 1.19 bits per heavy atom. The standard InChI is InChI=1S/C20H21N5OS/c1-14(27-20-22-23-24-25(20)16-10-3-2-4-11-16)19(26)21-18-13-7-9-15-8-5-6-12-17(15)18/h2-6,8,10-12,14,18H,7,9,13H2,1H3,(H,21,26)/t14-,18-/m0/s1. The third kappa shape index (κ3) is 3.88. The highest BCUT2D eigenvalue weighted by Crippen LogP contribution is 2.30. The fourth-order valence-corrected chi connectivity index (χ4v) is 4.20. The van der Waals surface area contributed by atoms with Crippen LogP contribution in [0.3, 0.4) is 0 Å². The lowest BCUT2D eigenvalue weighted by Gasteiger charge is -2.27. The summed E-state index contributed by atoms with van der Waals surface area (Å²) in [5, 5.41) is 15.4. The quantitative estimate of drug-likeness (QED) is 0.689. The van der Waals surface area contributed by atoms with Gasteiger partial charge in [0.1, 0.15) is 0 Å². The molecule has 7 heteroatoms. The van der Waals surface area contributed by atoms with Gasteiger partial charge in [0.2, 0.25) is 11.1 Å². The molecule has 1 heterocycles. The number of hydrogen-bond donors (Lipinski definition) is 1. The number of aryl methyl sites for hydroxylation is 1. The molecule has 0 saturated heterocycles. The van der Waals surface area contributed by atoms with E-state index in [1.807, 2.05) is 43.3 Å². The van der Waals surface area contributed by atoms with Gasteiger partial charge in [-0.3, -0.25) is 4.79 Å². The van der Waals surface area contributed by atoms with Crippen LogP contribution < -0.4 is 5.32 Å². The van der Waals surface area contributed by atoms with E-state index in [2.05, 4.69) is 39.0 Å². The Hall–Kier alpha value is -2.67. The maximum Gasteiger partial charge on any atom is 0.233 e. The van der Waals surface area contributed by atoms with E-state index in [1.54, 1.807) is 4.68 Å². The molecule has 1 N–H and O–H groups in total. The molecule has 0 bridgehead atoms. The van der Waals surface area contributed by atoms with Gasteiger partial charge in [0, 0.05) is 0 Å². The Morgan fingerprint density at radius 3 is 2.81 bits per heavy atom. The number of tetrazole rings is 1. The van der Waals surface area contributed by atoms with Crippen LogP contribution in [-0.4, -0.2) is 31.4 Å². The second-order valence-electron chi connectivity index (χ2n) is 6.62. The number of carbonyl (C=O) groups is 1. The number of thioether (sulfide) groups is 1. The minimum atomic E-state index is -0.299. The Kier molecular flexibility index (Phi) is 5.20. The zero-order valence-corrected chi connectivity index (χ0v) is 15.9. The molecule has 3 aromatic rings. The molecule has 6 nitrogen and oxygen atoms in total. The number of rotatable bonds is 5. The van der Waals surface area contributed by atoms with Crippen molar-refractivity contribution >= 4 is 17.7 Å². The highest BCUT2D eigenvalue weighted by Gasteiger charge is 2.25. The van der Waals surface area contributed by atoms with E-state index < -0.39 is 0 Å². The number of carbonyl (C=O) groups excluding carboxylic acids is 1. The lowest BCUT2D eigenvalue weighted by molar-refractivity contribution is -0.121. The average Bonchev–Trinajstić information content (AvgIpc) is 3.17. The van der Waals surface area contributed by atoms with Gasteiger partial charge in [0.15, 0.2) is 0 Å². The Bertz CT molecular complexity index is 927. The van der Waals surface area contributed by atoms with E-state index in [9.17, 15) is 4.79 Å². The summed E-state index contributed by atoms with van der Waals surface area (Å²) >= 11 is 1.36. The predicted octanol–water partition coefficient (Wildman–Crippen LogP) is 3.34. The van der Waals surface area contributed by atoms with E-state index in [0.29, 0.717) is 5.16 Å². The predicted molar refractivity (Wildman–Crippen MR) is 105 cm³/mol. The van der Waals surface area contributed by atoms with Crippen LogP contribution in [0.2, 0.25) is 0 Å². The van der Waals surface area contributed by atoms with Crippen LogP contribution in [0.15, 0.2) is 59.8 Å². The molecule has 4 rings (SSSR count). The molecule has 0 aliphatic heterocycles. The fourth-order valence-electron chi connectivity index (χ4n) is 3.39. The molecular weight excluding hydrogens is 358 g/mol. The number of aromatic nitrogens is 4. The maximum atomic E-state index is 12.8.